The van der Waals surface area contributed by atoms with Gasteiger partial charge in [-0.3, -0.25) is 9.59 Å². The van der Waals surface area contributed by atoms with Crippen molar-refractivity contribution in [2.24, 2.45) is 0 Å². The van der Waals surface area contributed by atoms with Crippen LogP contribution < -0.4 is 5.32 Å². The number of rotatable bonds is 0. The van der Waals surface area contributed by atoms with Gasteiger partial charge in [-0.25, -0.2) is 4.31 Å². The molecule has 0 aliphatic carbocycles. The summed E-state index contributed by atoms with van der Waals surface area (Å²) < 4.78 is 1.41. The van der Waals surface area contributed by atoms with Gasteiger partial charge in [0, 0.05) is 11.9 Å². The standard InChI is InChI=1S/C3H2N2O2S/c6-1-2(7)5-3(4-1)8-5/h3H,(H,4,6). The molecule has 2 fully saturated rings. The van der Waals surface area contributed by atoms with E-state index in [1.807, 2.05) is 0 Å². The minimum absolute atomic E-state index is 0.0324. The fraction of sp³-hybridized carbons (Fsp3) is 0.333. The molecule has 0 aromatic rings. The van der Waals surface area contributed by atoms with Crippen molar-refractivity contribution < 1.29 is 9.59 Å². The van der Waals surface area contributed by atoms with Gasteiger partial charge in [-0.15, -0.1) is 0 Å². The van der Waals surface area contributed by atoms with Crippen molar-refractivity contribution in [2.75, 3.05) is 0 Å². The second kappa shape index (κ2) is 0.997. The quantitative estimate of drug-likeness (QED) is 0.257. The molecule has 0 spiro atoms. The van der Waals surface area contributed by atoms with Gasteiger partial charge in [0.15, 0.2) is 5.50 Å². The number of amides is 2. The zero-order valence-corrected chi connectivity index (χ0v) is 4.57. The molecule has 5 heteroatoms. The summed E-state index contributed by atoms with van der Waals surface area (Å²) >= 11 is 1.34. The topological polar surface area (TPSA) is 49.2 Å². The molecule has 8 heavy (non-hydrogen) atoms. The lowest BCUT2D eigenvalue weighted by molar-refractivity contribution is -0.137. The third-order valence-electron chi connectivity index (χ3n) is 1.03. The Hall–Kier alpha value is -0.710. The van der Waals surface area contributed by atoms with E-state index in [1.54, 1.807) is 0 Å². The zero-order chi connectivity index (χ0) is 5.72. The molecule has 0 aromatic carbocycles. The van der Waals surface area contributed by atoms with E-state index in [0.717, 1.165) is 0 Å². The molecular weight excluding hydrogens is 128 g/mol. The van der Waals surface area contributed by atoms with Crippen LogP contribution in [0, 0.1) is 0 Å². The Morgan fingerprint density at radius 2 is 2.38 bits per heavy atom. The van der Waals surface area contributed by atoms with Crippen molar-refractivity contribution in [1.82, 2.24) is 9.62 Å². The molecule has 4 nitrogen and oxygen atoms in total. The molecule has 2 heterocycles. The smallest absolute Gasteiger partial charge is 0.317 e. The van der Waals surface area contributed by atoms with Crippen molar-refractivity contribution in [3.05, 3.63) is 0 Å². The largest absolute Gasteiger partial charge is 0.324 e. The Balaban J connectivity index is 2.31. The summed E-state index contributed by atoms with van der Waals surface area (Å²) in [5.74, 6) is -0.895. The van der Waals surface area contributed by atoms with E-state index in [0.29, 0.717) is 0 Å². The Morgan fingerprint density at radius 1 is 1.62 bits per heavy atom. The minimum atomic E-state index is -0.478. The molecule has 2 aliphatic rings. The number of hydrogen-bond donors (Lipinski definition) is 1. The minimum Gasteiger partial charge on any atom is -0.317 e. The van der Waals surface area contributed by atoms with E-state index < -0.39 is 11.8 Å². The van der Waals surface area contributed by atoms with Gasteiger partial charge in [-0.1, -0.05) is 0 Å². The molecule has 2 aliphatic heterocycles. The molecule has 1 unspecified atom stereocenters. The summed E-state index contributed by atoms with van der Waals surface area (Å²) in [6, 6.07) is 0. The van der Waals surface area contributed by atoms with Crippen LogP contribution in [0.3, 0.4) is 0 Å². The van der Waals surface area contributed by atoms with E-state index >= 15 is 0 Å². The van der Waals surface area contributed by atoms with E-state index in [4.69, 9.17) is 0 Å². The van der Waals surface area contributed by atoms with Gasteiger partial charge in [0.1, 0.15) is 0 Å². The Labute approximate surface area is 49.3 Å². The van der Waals surface area contributed by atoms with Crippen LogP contribution in [0.1, 0.15) is 0 Å². The van der Waals surface area contributed by atoms with E-state index in [2.05, 4.69) is 5.32 Å². The predicted octanol–water partition coefficient (Wildman–Crippen LogP) is -1.11. The van der Waals surface area contributed by atoms with Gasteiger partial charge in [-0.05, 0) is 0 Å². The highest BCUT2D eigenvalue weighted by Gasteiger charge is 2.51. The van der Waals surface area contributed by atoms with Crippen molar-refractivity contribution in [3.8, 4) is 0 Å². The first kappa shape index (κ1) is 4.20. The third-order valence-corrected chi connectivity index (χ3v) is 1.95. The number of fused-ring (bicyclic) bond motifs is 1. The van der Waals surface area contributed by atoms with Crippen LogP contribution in [-0.2, 0) is 9.59 Å². The Bertz CT molecular complexity index is 180. The van der Waals surface area contributed by atoms with Crippen LogP contribution in [0.5, 0.6) is 0 Å². The molecule has 2 saturated heterocycles. The van der Waals surface area contributed by atoms with Crippen LogP contribution in [-0.4, -0.2) is 21.6 Å². The average molecular weight is 130 g/mol. The maximum atomic E-state index is 10.4. The fourth-order valence-corrected chi connectivity index (χ4v) is 1.24. The summed E-state index contributed by atoms with van der Waals surface area (Å²) in [6.45, 7) is 0. The first-order valence-electron chi connectivity index (χ1n) is 2.10. The number of nitrogens with one attached hydrogen (secondary N) is 1. The van der Waals surface area contributed by atoms with Crippen molar-refractivity contribution in [3.63, 3.8) is 0 Å². The lowest BCUT2D eigenvalue weighted by Crippen LogP contribution is -2.23. The van der Waals surface area contributed by atoms with E-state index in [1.165, 1.54) is 16.3 Å². The summed E-state index contributed by atoms with van der Waals surface area (Å²) in [4.78, 5) is 20.7. The molecular formula is C3H2N2O2S. The highest BCUT2D eigenvalue weighted by molar-refractivity contribution is 8.04. The first-order valence-corrected chi connectivity index (χ1v) is 2.93. The van der Waals surface area contributed by atoms with Crippen molar-refractivity contribution >= 4 is 23.8 Å². The lowest BCUT2D eigenvalue weighted by atomic mass is 10.6. The number of nitrogens with zero attached hydrogens (tertiary/aromatic N) is 1. The van der Waals surface area contributed by atoms with Gasteiger partial charge in [0.05, 0.1) is 0 Å². The molecule has 0 saturated carbocycles. The Morgan fingerprint density at radius 3 is 2.62 bits per heavy atom. The molecule has 0 radical (unpaired) electrons. The van der Waals surface area contributed by atoms with Crippen LogP contribution in [0.15, 0.2) is 0 Å². The molecule has 42 valence electrons. The van der Waals surface area contributed by atoms with Crippen molar-refractivity contribution in [2.45, 2.75) is 5.50 Å². The van der Waals surface area contributed by atoms with Crippen LogP contribution >= 0.6 is 11.9 Å². The van der Waals surface area contributed by atoms with E-state index in [-0.39, 0.29) is 5.50 Å². The van der Waals surface area contributed by atoms with Gasteiger partial charge in [0.25, 0.3) is 0 Å². The number of carbonyl (C=O) groups excluding carboxylic acids is 2. The Kier molecular flexibility index (Phi) is 0.523. The lowest BCUT2D eigenvalue weighted by Gasteiger charge is -1.84. The second-order valence-electron chi connectivity index (χ2n) is 1.56. The SMILES string of the molecule is O=C1NC2SN2C1=O. The highest BCUT2D eigenvalue weighted by atomic mass is 32.2. The van der Waals surface area contributed by atoms with Gasteiger partial charge >= 0.3 is 11.8 Å². The average Bonchev–Trinajstić information content (AvgIpc) is 2.39. The van der Waals surface area contributed by atoms with Gasteiger partial charge < -0.3 is 5.32 Å². The van der Waals surface area contributed by atoms with E-state index in [9.17, 15) is 9.59 Å². The molecule has 0 bridgehead atoms. The summed E-state index contributed by atoms with van der Waals surface area (Å²) in [7, 11) is 0. The van der Waals surface area contributed by atoms with Gasteiger partial charge in [0.2, 0.25) is 0 Å². The summed E-state index contributed by atoms with van der Waals surface area (Å²) in [6.07, 6.45) is 0. The molecule has 1 atom stereocenters. The van der Waals surface area contributed by atoms with Crippen LogP contribution in [0.2, 0.25) is 0 Å². The van der Waals surface area contributed by atoms with Gasteiger partial charge in [-0.2, -0.15) is 0 Å². The third kappa shape index (κ3) is 0.326. The summed E-state index contributed by atoms with van der Waals surface area (Å²) in [5, 5.41) is 2.44. The summed E-state index contributed by atoms with van der Waals surface area (Å²) in [5.41, 5.74) is -0.0324. The van der Waals surface area contributed by atoms with Crippen LogP contribution in [0.4, 0.5) is 0 Å². The first-order chi connectivity index (χ1) is 3.79. The second-order valence-corrected chi connectivity index (χ2v) is 2.61. The maximum absolute atomic E-state index is 10.4. The zero-order valence-electron chi connectivity index (χ0n) is 3.75. The normalized spacial score (nSPS) is 32.5. The highest BCUT2D eigenvalue weighted by Crippen LogP contribution is 2.40. The number of hydrogen-bond acceptors (Lipinski definition) is 3. The monoisotopic (exact) mass is 130 g/mol. The molecule has 2 rings (SSSR count). The fourth-order valence-electron chi connectivity index (χ4n) is 0.594. The predicted molar refractivity (Wildman–Crippen MR) is 26.4 cm³/mol. The molecule has 2 amide bonds. The van der Waals surface area contributed by atoms with Crippen LogP contribution in [0.25, 0.3) is 0 Å². The maximum Gasteiger partial charge on any atom is 0.324 e. The van der Waals surface area contributed by atoms with Crippen molar-refractivity contribution in [1.29, 1.82) is 0 Å². The number of carbonyl (C=O) groups is 2. The molecule has 0 aromatic heterocycles. The molecule has 1 N–H and O–H groups in total.